The predicted molar refractivity (Wildman–Crippen MR) is 122 cm³/mol. The van der Waals surface area contributed by atoms with Crippen molar-refractivity contribution in [3.8, 4) is 5.75 Å². The van der Waals surface area contributed by atoms with Crippen LogP contribution in [0, 0.1) is 0 Å². The second-order valence-electron chi connectivity index (χ2n) is 6.85. The first-order chi connectivity index (χ1) is 13.7. The average molecular weight is 547 g/mol. The third-order valence-corrected chi connectivity index (χ3v) is 5.37. The Morgan fingerprint density at radius 1 is 1.10 bits per heavy atom. The Balaban J connectivity index is 2.17. The van der Waals surface area contributed by atoms with Gasteiger partial charge in [-0.1, -0.05) is 55.6 Å². The van der Waals surface area contributed by atoms with Crippen LogP contribution in [0.4, 0.5) is 0 Å². The number of carbonyl (C=O) groups excluding carboxylic acids is 2. The highest BCUT2D eigenvalue weighted by molar-refractivity contribution is 9.10. The molecule has 0 saturated heterocycles. The SMILES string of the molecule is CC(C)NC(=O)[C@@H](C)N(Cc1cccc(Br)c1)C(=O)COc1ccc(Br)cc1Cl. The highest BCUT2D eigenvalue weighted by atomic mass is 79.9. The number of ether oxygens (including phenoxy) is 1. The fourth-order valence-electron chi connectivity index (χ4n) is 2.63. The van der Waals surface area contributed by atoms with Crippen LogP contribution >= 0.6 is 43.5 Å². The van der Waals surface area contributed by atoms with Crippen LogP contribution in [0.1, 0.15) is 26.3 Å². The van der Waals surface area contributed by atoms with Crippen LogP contribution in [-0.2, 0) is 16.1 Å². The van der Waals surface area contributed by atoms with Gasteiger partial charge in [-0.25, -0.2) is 0 Å². The van der Waals surface area contributed by atoms with Crippen LogP contribution in [0.5, 0.6) is 5.75 Å². The van der Waals surface area contributed by atoms with Crippen molar-refractivity contribution in [2.24, 2.45) is 0 Å². The van der Waals surface area contributed by atoms with Crippen LogP contribution in [0.25, 0.3) is 0 Å². The van der Waals surface area contributed by atoms with E-state index in [1.54, 1.807) is 25.1 Å². The van der Waals surface area contributed by atoms with Gasteiger partial charge in [0, 0.05) is 21.5 Å². The summed E-state index contributed by atoms with van der Waals surface area (Å²) in [6.45, 7) is 5.52. The lowest BCUT2D eigenvalue weighted by Gasteiger charge is -2.29. The van der Waals surface area contributed by atoms with Crippen molar-refractivity contribution in [3.63, 3.8) is 0 Å². The molecule has 0 bridgehead atoms. The molecular weight excluding hydrogens is 524 g/mol. The normalized spacial score (nSPS) is 11.8. The van der Waals surface area contributed by atoms with E-state index >= 15 is 0 Å². The summed E-state index contributed by atoms with van der Waals surface area (Å²) in [7, 11) is 0. The van der Waals surface area contributed by atoms with E-state index in [0.717, 1.165) is 14.5 Å². The molecule has 0 aliphatic carbocycles. The fourth-order valence-corrected chi connectivity index (χ4v) is 3.81. The Kier molecular flexibility index (Phi) is 8.99. The predicted octanol–water partition coefficient (Wildman–Crippen LogP) is 5.19. The van der Waals surface area contributed by atoms with Gasteiger partial charge in [0.25, 0.3) is 5.91 Å². The summed E-state index contributed by atoms with van der Waals surface area (Å²) in [5.41, 5.74) is 0.901. The van der Waals surface area contributed by atoms with Crippen LogP contribution in [-0.4, -0.2) is 35.4 Å². The van der Waals surface area contributed by atoms with E-state index in [0.29, 0.717) is 10.8 Å². The average Bonchev–Trinajstić information content (AvgIpc) is 2.64. The molecular formula is C21H23Br2ClN2O3. The summed E-state index contributed by atoms with van der Waals surface area (Å²) in [5.74, 6) is -0.120. The maximum Gasteiger partial charge on any atom is 0.261 e. The third kappa shape index (κ3) is 7.32. The lowest BCUT2D eigenvalue weighted by atomic mass is 10.1. The Bertz CT molecular complexity index is 877. The van der Waals surface area contributed by atoms with Crippen LogP contribution in [0.15, 0.2) is 51.4 Å². The molecule has 2 amide bonds. The van der Waals surface area contributed by atoms with Crippen molar-refractivity contribution in [2.75, 3.05) is 6.61 Å². The lowest BCUT2D eigenvalue weighted by molar-refractivity contribution is -0.142. The van der Waals surface area contributed by atoms with Gasteiger partial charge in [-0.2, -0.15) is 0 Å². The molecule has 29 heavy (non-hydrogen) atoms. The van der Waals surface area contributed by atoms with Crippen molar-refractivity contribution in [2.45, 2.75) is 39.4 Å². The maximum absolute atomic E-state index is 13.0. The van der Waals surface area contributed by atoms with Crippen molar-refractivity contribution in [1.29, 1.82) is 0 Å². The van der Waals surface area contributed by atoms with Crippen molar-refractivity contribution in [1.82, 2.24) is 10.2 Å². The number of rotatable bonds is 8. The Morgan fingerprint density at radius 3 is 2.41 bits per heavy atom. The van der Waals surface area contributed by atoms with Gasteiger partial charge in [0.15, 0.2) is 6.61 Å². The number of nitrogens with zero attached hydrogens (tertiary/aromatic N) is 1. The molecule has 0 fully saturated rings. The second kappa shape index (κ2) is 11.0. The standard InChI is InChI=1S/C21H23Br2ClN2O3/c1-13(2)25-21(28)14(3)26(11-15-5-4-6-16(22)9-15)20(27)12-29-19-8-7-17(23)10-18(19)24/h4-10,13-14H,11-12H2,1-3H3,(H,25,28)/t14-/m1/s1. The van der Waals surface area contributed by atoms with Crippen LogP contribution < -0.4 is 10.1 Å². The minimum Gasteiger partial charge on any atom is -0.482 e. The zero-order valence-electron chi connectivity index (χ0n) is 16.4. The molecule has 156 valence electrons. The largest absolute Gasteiger partial charge is 0.482 e. The van der Waals surface area contributed by atoms with E-state index in [1.807, 2.05) is 38.1 Å². The minimum atomic E-state index is -0.659. The molecule has 0 heterocycles. The van der Waals surface area contributed by atoms with E-state index < -0.39 is 6.04 Å². The molecule has 0 aliphatic heterocycles. The van der Waals surface area contributed by atoms with Crippen LogP contribution in [0.2, 0.25) is 5.02 Å². The van der Waals surface area contributed by atoms with Gasteiger partial charge in [-0.3, -0.25) is 9.59 Å². The van der Waals surface area contributed by atoms with Crippen molar-refractivity contribution in [3.05, 3.63) is 62.0 Å². The summed E-state index contributed by atoms with van der Waals surface area (Å²) in [6, 6.07) is 12.1. The molecule has 0 spiro atoms. The molecule has 1 N–H and O–H groups in total. The summed E-state index contributed by atoms with van der Waals surface area (Å²) in [4.78, 5) is 27.0. The quantitative estimate of drug-likeness (QED) is 0.496. The molecule has 2 aromatic rings. The number of hydrogen-bond donors (Lipinski definition) is 1. The van der Waals surface area contributed by atoms with Gasteiger partial charge in [0.2, 0.25) is 5.91 Å². The molecule has 1 atom stereocenters. The smallest absolute Gasteiger partial charge is 0.261 e. The number of hydrogen-bond acceptors (Lipinski definition) is 3. The zero-order valence-corrected chi connectivity index (χ0v) is 20.3. The molecule has 0 radical (unpaired) electrons. The van der Waals surface area contributed by atoms with Gasteiger partial charge in [-0.15, -0.1) is 0 Å². The molecule has 0 unspecified atom stereocenters. The van der Waals surface area contributed by atoms with Gasteiger partial charge >= 0.3 is 0 Å². The van der Waals surface area contributed by atoms with Gasteiger partial charge in [0.05, 0.1) is 5.02 Å². The highest BCUT2D eigenvalue weighted by Gasteiger charge is 2.27. The third-order valence-electron chi connectivity index (χ3n) is 4.09. The summed E-state index contributed by atoms with van der Waals surface area (Å²) in [6.07, 6.45) is 0. The fraction of sp³-hybridized carbons (Fsp3) is 0.333. The summed E-state index contributed by atoms with van der Waals surface area (Å²) in [5, 5.41) is 3.25. The van der Waals surface area contributed by atoms with E-state index in [-0.39, 0.29) is 31.0 Å². The van der Waals surface area contributed by atoms with Crippen LogP contribution in [0.3, 0.4) is 0 Å². The van der Waals surface area contributed by atoms with E-state index in [9.17, 15) is 9.59 Å². The van der Waals surface area contributed by atoms with Gasteiger partial charge in [-0.05, 0) is 56.7 Å². The van der Waals surface area contributed by atoms with Crippen molar-refractivity contribution >= 4 is 55.3 Å². The number of nitrogens with one attached hydrogen (secondary N) is 1. The zero-order chi connectivity index (χ0) is 21.6. The second-order valence-corrected chi connectivity index (χ2v) is 9.09. The van der Waals surface area contributed by atoms with Gasteiger partial charge in [0.1, 0.15) is 11.8 Å². The van der Waals surface area contributed by atoms with E-state index in [2.05, 4.69) is 37.2 Å². The molecule has 2 rings (SSSR count). The lowest BCUT2D eigenvalue weighted by Crippen LogP contribution is -2.50. The number of carbonyl (C=O) groups is 2. The Morgan fingerprint density at radius 2 is 1.79 bits per heavy atom. The molecule has 0 aliphatic rings. The Hall–Kier alpha value is -1.57. The molecule has 2 aromatic carbocycles. The number of halogens is 3. The summed E-state index contributed by atoms with van der Waals surface area (Å²) >= 11 is 12.9. The molecule has 0 saturated carbocycles. The molecule has 8 heteroatoms. The monoisotopic (exact) mass is 544 g/mol. The first-order valence-electron chi connectivity index (χ1n) is 9.09. The number of amides is 2. The molecule has 5 nitrogen and oxygen atoms in total. The topological polar surface area (TPSA) is 58.6 Å². The summed E-state index contributed by atoms with van der Waals surface area (Å²) < 4.78 is 7.34. The van der Waals surface area contributed by atoms with E-state index in [1.165, 1.54) is 4.90 Å². The minimum absolute atomic E-state index is 0.0226. The molecule has 0 aromatic heterocycles. The Labute approximate surface area is 193 Å². The van der Waals surface area contributed by atoms with Gasteiger partial charge < -0.3 is 15.0 Å². The number of benzene rings is 2. The maximum atomic E-state index is 13.0. The highest BCUT2D eigenvalue weighted by Crippen LogP contribution is 2.27. The van der Waals surface area contributed by atoms with E-state index in [4.69, 9.17) is 16.3 Å². The first-order valence-corrected chi connectivity index (χ1v) is 11.1. The first kappa shape index (κ1) is 23.7. The van der Waals surface area contributed by atoms with Crippen molar-refractivity contribution < 1.29 is 14.3 Å².